The first-order valence-electron chi connectivity index (χ1n) is 3.02. The van der Waals surface area contributed by atoms with Gasteiger partial charge in [0.1, 0.15) is 0 Å². The third-order valence-electron chi connectivity index (χ3n) is 1.28. The molecule has 0 aliphatic heterocycles. The van der Waals surface area contributed by atoms with Crippen LogP contribution in [0.2, 0.25) is 0 Å². The first-order valence-corrected chi connectivity index (χ1v) is 3.02. The number of carboxylic acid groups (broad SMARTS) is 1. The molecule has 0 radical (unpaired) electrons. The van der Waals surface area contributed by atoms with Crippen molar-refractivity contribution in [2.45, 2.75) is 18.3 Å². The minimum absolute atomic E-state index is 1.84. The monoisotopic (exact) mass is 222 g/mol. The molecule has 0 aromatic heterocycles. The van der Waals surface area contributed by atoms with Crippen LogP contribution in [0.25, 0.3) is 0 Å². The zero-order chi connectivity index (χ0) is 11.7. The quantitative estimate of drug-likeness (QED) is 0.586. The van der Waals surface area contributed by atoms with Crippen molar-refractivity contribution < 1.29 is 36.2 Å². The molecule has 0 bridgehead atoms. The van der Waals surface area contributed by atoms with Crippen LogP contribution in [0.1, 0.15) is 0 Å². The predicted octanol–water partition coefficient (Wildman–Crippen LogP) is 2.16. The van der Waals surface area contributed by atoms with E-state index in [0.717, 1.165) is 0 Å². The summed E-state index contributed by atoms with van der Waals surface area (Å²) in [6.07, 6.45) is -10.1. The molecule has 1 unspecified atom stereocenters. The first kappa shape index (κ1) is 12.8. The van der Waals surface area contributed by atoms with Crippen molar-refractivity contribution in [2.24, 2.45) is 0 Å². The summed E-state index contributed by atoms with van der Waals surface area (Å²) in [7, 11) is 0. The van der Waals surface area contributed by atoms with Crippen molar-refractivity contribution in [3.8, 4) is 0 Å². The molecule has 0 rings (SSSR count). The molecule has 0 aliphatic rings. The van der Waals surface area contributed by atoms with Crippen LogP contribution in [0.5, 0.6) is 0 Å². The molecule has 1 atom stereocenters. The van der Waals surface area contributed by atoms with Crippen LogP contribution in [0.3, 0.4) is 0 Å². The summed E-state index contributed by atoms with van der Waals surface area (Å²) in [5.41, 5.74) is -1.84. The van der Waals surface area contributed by atoms with Crippen LogP contribution in [0.15, 0.2) is 12.2 Å². The summed E-state index contributed by atoms with van der Waals surface area (Å²) in [5, 5.41) is 7.94. The molecule has 0 heterocycles. The van der Waals surface area contributed by atoms with Gasteiger partial charge >= 0.3 is 18.1 Å². The van der Waals surface area contributed by atoms with Gasteiger partial charge < -0.3 is 5.11 Å². The maximum atomic E-state index is 12.4. The predicted molar refractivity (Wildman–Crippen MR) is 32.7 cm³/mol. The minimum atomic E-state index is -6.15. The summed E-state index contributed by atoms with van der Waals surface area (Å²) in [6, 6.07) is 0. The van der Waals surface area contributed by atoms with E-state index in [1.807, 2.05) is 0 Å². The molecule has 82 valence electrons. The Morgan fingerprint density at radius 3 is 1.79 bits per heavy atom. The van der Waals surface area contributed by atoms with Gasteiger partial charge in [-0.05, 0) is 0 Å². The maximum Gasteiger partial charge on any atom is 0.456 e. The molecule has 0 aromatic rings. The van der Waals surface area contributed by atoms with Crippen molar-refractivity contribution in [1.82, 2.24) is 0 Å². The summed E-state index contributed by atoms with van der Waals surface area (Å²) in [5.74, 6) is -8.00. The number of carbonyl (C=O) groups is 1. The van der Waals surface area contributed by atoms with Crippen LogP contribution in [-0.2, 0) is 4.79 Å². The first-order chi connectivity index (χ1) is 6.01. The van der Waals surface area contributed by atoms with E-state index in [2.05, 4.69) is 6.58 Å². The van der Waals surface area contributed by atoms with E-state index in [1.54, 1.807) is 0 Å². The number of carboxylic acids is 1. The number of hydrogen-bond donors (Lipinski definition) is 1. The average Bonchev–Trinajstić information content (AvgIpc) is 1.99. The van der Waals surface area contributed by atoms with E-state index in [-0.39, 0.29) is 0 Å². The van der Waals surface area contributed by atoms with Gasteiger partial charge in [-0.2, -0.15) is 22.0 Å². The second kappa shape index (κ2) is 3.50. The normalized spacial score (nSPS) is 15.0. The van der Waals surface area contributed by atoms with Crippen molar-refractivity contribution in [1.29, 1.82) is 0 Å². The molecule has 1 N–H and O–H groups in total. The van der Waals surface area contributed by atoms with Gasteiger partial charge in [0, 0.05) is 0 Å². The largest absolute Gasteiger partial charge is 0.478 e. The van der Waals surface area contributed by atoms with Gasteiger partial charge in [0.15, 0.2) is 0 Å². The Balaban J connectivity index is 4.94. The third kappa shape index (κ3) is 2.18. The SMILES string of the molecule is C=C(C(=O)O)C(F)C(F)(F)C(F)(F)F. The van der Waals surface area contributed by atoms with Crippen molar-refractivity contribution in [3.05, 3.63) is 12.2 Å². The molecule has 2 nitrogen and oxygen atoms in total. The molecule has 0 aromatic carbocycles. The zero-order valence-corrected chi connectivity index (χ0v) is 6.41. The lowest BCUT2D eigenvalue weighted by atomic mass is 10.1. The molecule has 0 amide bonds. The molecule has 0 saturated heterocycles. The van der Waals surface area contributed by atoms with Gasteiger partial charge in [0.05, 0.1) is 5.57 Å². The van der Waals surface area contributed by atoms with Crippen LogP contribution < -0.4 is 0 Å². The van der Waals surface area contributed by atoms with Gasteiger partial charge in [0.2, 0.25) is 6.17 Å². The Labute approximate surface area is 73.8 Å². The topological polar surface area (TPSA) is 37.3 Å². The Hall–Kier alpha value is -1.21. The standard InChI is InChI=1S/C6H4F6O2/c1-2(4(13)14)3(7)5(8,9)6(10,11)12/h3H,1H2,(H,13,14). The second-order valence-corrected chi connectivity index (χ2v) is 2.31. The number of hydrogen-bond acceptors (Lipinski definition) is 1. The van der Waals surface area contributed by atoms with Crippen LogP contribution in [0, 0.1) is 0 Å². The number of rotatable bonds is 3. The molecular formula is C6H4F6O2. The highest BCUT2D eigenvalue weighted by Gasteiger charge is 2.64. The molecule has 0 spiro atoms. The molecule has 14 heavy (non-hydrogen) atoms. The smallest absolute Gasteiger partial charge is 0.456 e. The van der Waals surface area contributed by atoms with E-state index in [4.69, 9.17) is 5.11 Å². The fraction of sp³-hybridized carbons (Fsp3) is 0.500. The van der Waals surface area contributed by atoms with Gasteiger partial charge in [-0.25, -0.2) is 9.18 Å². The Bertz CT molecular complexity index is 256. The fourth-order valence-corrected chi connectivity index (χ4v) is 0.471. The van der Waals surface area contributed by atoms with Gasteiger partial charge in [-0.15, -0.1) is 0 Å². The van der Waals surface area contributed by atoms with Crippen molar-refractivity contribution in [3.63, 3.8) is 0 Å². The van der Waals surface area contributed by atoms with Crippen LogP contribution in [-0.4, -0.2) is 29.3 Å². The van der Waals surface area contributed by atoms with Gasteiger partial charge in [-0.3, -0.25) is 0 Å². The van der Waals surface area contributed by atoms with Gasteiger partial charge in [-0.1, -0.05) is 6.58 Å². The van der Waals surface area contributed by atoms with E-state index in [0.29, 0.717) is 0 Å². The summed E-state index contributed by atoms with van der Waals surface area (Å²) in [6.45, 7) is 2.28. The van der Waals surface area contributed by atoms with Crippen LogP contribution >= 0.6 is 0 Å². The minimum Gasteiger partial charge on any atom is -0.478 e. The highest BCUT2D eigenvalue weighted by Crippen LogP contribution is 2.41. The molecular weight excluding hydrogens is 218 g/mol. The average molecular weight is 222 g/mol. The Morgan fingerprint density at radius 1 is 1.21 bits per heavy atom. The number of halogens is 6. The lowest BCUT2D eigenvalue weighted by Crippen LogP contribution is -2.46. The maximum absolute atomic E-state index is 12.4. The number of aliphatic carboxylic acids is 1. The highest BCUT2D eigenvalue weighted by atomic mass is 19.4. The molecule has 0 saturated carbocycles. The van der Waals surface area contributed by atoms with E-state index in [1.165, 1.54) is 0 Å². The van der Waals surface area contributed by atoms with E-state index >= 15 is 0 Å². The summed E-state index contributed by atoms with van der Waals surface area (Å²) < 4.78 is 71.0. The zero-order valence-electron chi connectivity index (χ0n) is 6.41. The van der Waals surface area contributed by atoms with E-state index in [9.17, 15) is 31.1 Å². The highest BCUT2D eigenvalue weighted by molar-refractivity contribution is 5.87. The summed E-state index contributed by atoms with van der Waals surface area (Å²) >= 11 is 0. The molecule has 0 fully saturated rings. The molecule has 0 aliphatic carbocycles. The van der Waals surface area contributed by atoms with Gasteiger partial charge in [0.25, 0.3) is 0 Å². The van der Waals surface area contributed by atoms with Crippen molar-refractivity contribution in [2.75, 3.05) is 0 Å². The second-order valence-electron chi connectivity index (χ2n) is 2.31. The lowest BCUT2D eigenvalue weighted by molar-refractivity contribution is -0.298. The van der Waals surface area contributed by atoms with E-state index < -0.39 is 29.8 Å². The fourth-order valence-electron chi connectivity index (χ4n) is 0.471. The third-order valence-corrected chi connectivity index (χ3v) is 1.28. The summed E-state index contributed by atoms with van der Waals surface area (Å²) in [4.78, 5) is 9.87. The van der Waals surface area contributed by atoms with Crippen molar-refractivity contribution >= 4 is 5.97 Å². The Morgan fingerprint density at radius 2 is 1.57 bits per heavy atom. The number of alkyl halides is 6. The molecule has 8 heteroatoms. The van der Waals surface area contributed by atoms with Crippen LogP contribution in [0.4, 0.5) is 26.3 Å². The Kier molecular flexibility index (Phi) is 3.20. The lowest BCUT2D eigenvalue weighted by Gasteiger charge is -2.22.